The van der Waals surface area contributed by atoms with Crippen LogP contribution in [-0.2, 0) is 19.1 Å². The fraction of sp³-hybridized carbons (Fsp3) is 0.636. The average molecular weight is 299 g/mol. The molecule has 0 spiro atoms. The number of ether oxygens (including phenoxy) is 2. The number of nitrogen functional groups attached to an aromatic ring is 1. The molecule has 0 radical (unpaired) electrons. The van der Waals surface area contributed by atoms with Gasteiger partial charge in [0.25, 0.3) is 0 Å². The van der Waals surface area contributed by atoms with Gasteiger partial charge in [-0.2, -0.15) is 0 Å². The summed E-state index contributed by atoms with van der Waals surface area (Å²) >= 11 is 0. The second-order valence-corrected chi connectivity index (χ2v) is 4.09. The van der Waals surface area contributed by atoms with Crippen molar-refractivity contribution in [3.63, 3.8) is 0 Å². The van der Waals surface area contributed by atoms with Gasteiger partial charge in [-0.3, -0.25) is 0 Å². The number of hydrogen-bond acceptors (Lipinski definition) is 9. The molecule has 2 N–H and O–H groups in total. The van der Waals surface area contributed by atoms with Gasteiger partial charge in [-0.25, -0.2) is 9.42 Å². The fourth-order valence-corrected chi connectivity index (χ4v) is 1.73. The van der Waals surface area contributed by atoms with Crippen LogP contribution in [-0.4, -0.2) is 66.5 Å². The molecule has 0 amide bonds. The maximum absolute atomic E-state index is 11.2. The first kappa shape index (κ1) is 15.0. The van der Waals surface area contributed by atoms with Crippen molar-refractivity contribution in [2.24, 2.45) is 5.16 Å². The number of morpholine rings is 1. The van der Waals surface area contributed by atoms with Gasteiger partial charge in [0, 0.05) is 13.1 Å². The number of anilines is 1. The summed E-state index contributed by atoms with van der Waals surface area (Å²) in [6, 6.07) is 0. The van der Waals surface area contributed by atoms with Gasteiger partial charge in [0.05, 0.1) is 19.8 Å². The maximum atomic E-state index is 11.2. The lowest BCUT2D eigenvalue weighted by molar-refractivity contribution is -0.148. The van der Waals surface area contributed by atoms with Crippen molar-refractivity contribution >= 4 is 17.6 Å². The quantitative estimate of drug-likeness (QED) is 0.322. The van der Waals surface area contributed by atoms with Gasteiger partial charge in [0.15, 0.2) is 11.5 Å². The number of hydrogen-bond donors (Lipinski definition) is 1. The van der Waals surface area contributed by atoms with Crippen molar-refractivity contribution < 1.29 is 23.7 Å². The van der Waals surface area contributed by atoms with E-state index in [-0.39, 0.29) is 24.7 Å². The molecule has 0 bridgehead atoms. The zero-order valence-corrected chi connectivity index (χ0v) is 11.7. The molecule has 0 unspecified atom stereocenters. The lowest BCUT2D eigenvalue weighted by atomic mass is 10.3. The molecule has 1 aromatic heterocycles. The molecule has 21 heavy (non-hydrogen) atoms. The Morgan fingerprint density at radius 2 is 2.19 bits per heavy atom. The third-order valence-electron chi connectivity index (χ3n) is 2.68. The summed E-state index contributed by atoms with van der Waals surface area (Å²) in [6.45, 7) is 3.96. The summed E-state index contributed by atoms with van der Waals surface area (Å²) in [4.78, 5) is 18.1. The smallest absolute Gasteiger partial charge is 0.347 e. The van der Waals surface area contributed by atoms with Gasteiger partial charge < -0.3 is 24.9 Å². The molecule has 1 fully saturated rings. The Bertz CT molecular complexity index is 497. The van der Waals surface area contributed by atoms with Gasteiger partial charge in [-0.1, -0.05) is 5.16 Å². The summed E-state index contributed by atoms with van der Waals surface area (Å²) in [5.74, 6) is -0.0600. The van der Waals surface area contributed by atoms with Crippen LogP contribution >= 0.6 is 0 Å². The molecule has 0 saturated carbocycles. The number of nitrogens with two attached hydrogens (primary N) is 1. The van der Waals surface area contributed by atoms with Crippen LogP contribution in [0.3, 0.4) is 0 Å². The average Bonchev–Trinajstić information content (AvgIpc) is 2.91. The Labute approximate surface area is 120 Å². The van der Waals surface area contributed by atoms with Gasteiger partial charge in [0.2, 0.25) is 12.4 Å². The highest BCUT2D eigenvalue weighted by atomic mass is 16.7. The van der Waals surface area contributed by atoms with Crippen LogP contribution in [0.2, 0.25) is 0 Å². The van der Waals surface area contributed by atoms with Gasteiger partial charge in [-0.15, -0.1) is 0 Å². The maximum Gasteiger partial charge on any atom is 0.347 e. The second kappa shape index (κ2) is 7.43. The summed E-state index contributed by atoms with van der Waals surface area (Å²) < 4.78 is 14.6. The van der Waals surface area contributed by atoms with Crippen LogP contribution < -0.4 is 5.73 Å². The zero-order valence-electron chi connectivity index (χ0n) is 11.7. The normalized spacial score (nSPS) is 15.9. The van der Waals surface area contributed by atoms with E-state index in [1.807, 2.05) is 4.90 Å². The SMILES string of the molecule is CCOC(=O)CO/N=C(\c1nonc1N)N1CCOCC1. The number of esters is 1. The molecule has 10 nitrogen and oxygen atoms in total. The molecule has 0 atom stereocenters. The van der Waals surface area contributed by atoms with Crippen molar-refractivity contribution in [3.05, 3.63) is 5.69 Å². The van der Waals surface area contributed by atoms with E-state index in [0.29, 0.717) is 32.1 Å². The first-order valence-corrected chi connectivity index (χ1v) is 6.49. The van der Waals surface area contributed by atoms with E-state index in [1.54, 1.807) is 6.92 Å². The fourth-order valence-electron chi connectivity index (χ4n) is 1.73. The predicted octanol–water partition coefficient (Wildman–Crippen LogP) is -0.775. The molecule has 0 aromatic carbocycles. The Morgan fingerprint density at radius 3 is 2.81 bits per heavy atom. The van der Waals surface area contributed by atoms with E-state index in [1.165, 1.54) is 0 Å². The molecular weight excluding hydrogens is 282 g/mol. The van der Waals surface area contributed by atoms with E-state index in [0.717, 1.165) is 0 Å². The van der Waals surface area contributed by atoms with Gasteiger partial charge >= 0.3 is 5.97 Å². The Balaban J connectivity index is 2.08. The summed E-state index contributed by atoms with van der Waals surface area (Å²) in [7, 11) is 0. The highest BCUT2D eigenvalue weighted by Gasteiger charge is 2.23. The number of carbonyl (C=O) groups excluding carboxylic acids is 1. The third kappa shape index (κ3) is 4.05. The van der Waals surface area contributed by atoms with Crippen LogP contribution in [0.1, 0.15) is 12.6 Å². The number of aromatic nitrogens is 2. The monoisotopic (exact) mass is 299 g/mol. The number of rotatable bonds is 5. The highest BCUT2D eigenvalue weighted by Crippen LogP contribution is 2.12. The molecule has 1 saturated heterocycles. The first-order chi connectivity index (χ1) is 10.2. The van der Waals surface area contributed by atoms with Gasteiger partial charge in [0.1, 0.15) is 0 Å². The van der Waals surface area contributed by atoms with E-state index < -0.39 is 5.97 Å². The summed E-state index contributed by atoms with van der Waals surface area (Å²) in [5.41, 5.74) is 5.94. The predicted molar refractivity (Wildman–Crippen MR) is 70.2 cm³/mol. The van der Waals surface area contributed by atoms with Crippen molar-refractivity contribution in [2.45, 2.75) is 6.92 Å². The standard InChI is InChI=1S/C11H17N5O5/c1-2-19-8(17)7-20-15-11(9-10(12)14-21-13-9)16-3-5-18-6-4-16/h2-7H2,1H3,(H2,12,14)/b15-11+. The van der Waals surface area contributed by atoms with E-state index in [2.05, 4.69) is 20.1 Å². The van der Waals surface area contributed by atoms with E-state index in [4.69, 9.17) is 20.0 Å². The Hall–Kier alpha value is -2.36. The molecular formula is C11H17N5O5. The van der Waals surface area contributed by atoms with Crippen molar-refractivity contribution in [2.75, 3.05) is 45.3 Å². The molecule has 2 rings (SSSR count). The molecule has 116 valence electrons. The van der Waals surface area contributed by atoms with Crippen LogP contribution in [0.4, 0.5) is 5.82 Å². The molecule has 1 aliphatic heterocycles. The lowest BCUT2D eigenvalue weighted by Crippen LogP contribution is -2.41. The third-order valence-corrected chi connectivity index (χ3v) is 2.68. The first-order valence-electron chi connectivity index (χ1n) is 6.49. The number of oxime groups is 1. The molecule has 10 heteroatoms. The van der Waals surface area contributed by atoms with Crippen molar-refractivity contribution in [1.82, 2.24) is 15.2 Å². The second-order valence-electron chi connectivity index (χ2n) is 4.09. The van der Waals surface area contributed by atoms with Gasteiger partial charge in [-0.05, 0) is 17.2 Å². The summed E-state index contributed by atoms with van der Waals surface area (Å²) in [6.07, 6.45) is 0. The lowest BCUT2D eigenvalue weighted by Gasteiger charge is -2.28. The number of nitrogens with zero attached hydrogens (tertiary/aromatic N) is 4. The Morgan fingerprint density at radius 1 is 1.43 bits per heavy atom. The van der Waals surface area contributed by atoms with Crippen LogP contribution in [0.5, 0.6) is 0 Å². The van der Waals surface area contributed by atoms with Crippen LogP contribution in [0, 0.1) is 0 Å². The Kier molecular flexibility index (Phi) is 5.32. The molecule has 0 aliphatic carbocycles. The van der Waals surface area contributed by atoms with Crippen molar-refractivity contribution in [3.8, 4) is 0 Å². The minimum atomic E-state index is -0.506. The zero-order chi connectivity index (χ0) is 15.1. The largest absolute Gasteiger partial charge is 0.463 e. The topological polar surface area (TPSA) is 125 Å². The van der Waals surface area contributed by atoms with Crippen LogP contribution in [0.15, 0.2) is 9.78 Å². The number of amidine groups is 1. The van der Waals surface area contributed by atoms with E-state index in [9.17, 15) is 4.79 Å². The molecule has 1 aliphatic rings. The van der Waals surface area contributed by atoms with Crippen LogP contribution in [0.25, 0.3) is 0 Å². The van der Waals surface area contributed by atoms with Crippen molar-refractivity contribution in [1.29, 1.82) is 0 Å². The summed E-state index contributed by atoms with van der Waals surface area (Å²) in [5, 5.41) is 11.1. The molecule has 1 aromatic rings. The minimum Gasteiger partial charge on any atom is -0.463 e. The molecule has 2 heterocycles. The number of carbonyl (C=O) groups is 1. The highest BCUT2D eigenvalue weighted by molar-refractivity contribution is 6.00. The van der Waals surface area contributed by atoms with E-state index >= 15 is 0 Å². The minimum absolute atomic E-state index is 0.0972.